The van der Waals surface area contributed by atoms with Crippen molar-refractivity contribution in [3.63, 3.8) is 0 Å². The molecule has 9 heteroatoms. The second-order valence-electron chi connectivity index (χ2n) is 12.5. The van der Waals surface area contributed by atoms with Crippen LogP contribution < -0.4 is 9.47 Å². The Balaban J connectivity index is 1.49. The molecule has 8 nitrogen and oxygen atoms in total. The Morgan fingerprint density at radius 3 is 2.73 bits per heavy atom. The summed E-state index contributed by atoms with van der Waals surface area (Å²) in [6.07, 6.45) is 4.42. The molecule has 220 valence electrons. The standard InChI is InChI=1S/C32H40N2O6S/c1-5-14-33-15-13-32-24-11-12-25(34(18-20(2)3)41(37,38)19-22-9-7-6-8-10-22)31(32)40-30-28(39-21(4)35)17-27(36)23(29(30)32)16-26(24)33/h5-10,17,20,24-26,31,36H,1,11-16,18-19H2,2-4H3/t24-,25-,26+,31-,32-/m0/s1. The first-order valence-electron chi connectivity index (χ1n) is 14.7. The fourth-order valence-corrected chi connectivity index (χ4v) is 10.2. The molecular weight excluding hydrogens is 540 g/mol. The summed E-state index contributed by atoms with van der Waals surface area (Å²) >= 11 is 0. The van der Waals surface area contributed by atoms with Gasteiger partial charge in [0.25, 0.3) is 0 Å². The quantitative estimate of drug-likeness (QED) is 0.267. The van der Waals surface area contributed by atoms with Gasteiger partial charge in [-0.1, -0.05) is 50.3 Å². The molecule has 0 aromatic heterocycles. The van der Waals surface area contributed by atoms with Crippen LogP contribution in [0.4, 0.5) is 0 Å². The SMILES string of the molecule is C=CCN1CC[C@]23c4c5c(O)cc(OC(C)=O)c4O[C@H]2[C@@H](N(CC(C)C)S(=O)(=O)Cc2ccccc2)CC[C@H]3[C@H]1C5. The zero-order valence-electron chi connectivity index (χ0n) is 24.1. The normalized spacial score (nSPS) is 28.3. The molecule has 1 saturated carbocycles. The van der Waals surface area contributed by atoms with Gasteiger partial charge in [0.15, 0.2) is 11.5 Å². The van der Waals surface area contributed by atoms with Crippen LogP contribution in [0.15, 0.2) is 49.1 Å². The zero-order chi connectivity index (χ0) is 29.1. The highest BCUT2D eigenvalue weighted by Crippen LogP contribution is 2.65. The fraction of sp³-hybridized carbons (Fsp3) is 0.531. The lowest BCUT2D eigenvalue weighted by Gasteiger charge is -2.60. The molecule has 2 aromatic rings. The summed E-state index contributed by atoms with van der Waals surface area (Å²) in [6.45, 7) is 11.3. The van der Waals surface area contributed by atoms with Crippen molar-refractivity contribution in [2.24, 2.45) is 11.8 Å². The first-order valence-corrected chi connectivity index (χ1v) is 16.3. The molecule has 4 aliphatic rings. The third-order valence-corrected chi connectivity index (χ3v) is 11.4. The van der Waals surface area contributed by atoms with Crippen molar-refractivity contribution in [2.45, 2.75) is 75.8 Å². The molecule has 5 atom stereocenters. The molecule has 1 saturated heterocycles. The number of esters is 1. The Morgan fingerprint density at radius 2 is 2.05 bits per heavy atom. The summed E-state index contributed by atoms with van der Waals surface area (Å²) < 4.78 is 42.5. The van der Waals surface area contributed by atoms with E-state index in [1.807, 2.05) is 50.3 Å². The predicted molar refractivity (Wildman–Crippen MR) is 157 cm³/mol. The van der Waals surface area contributed by atoms with E-state index in [0.29, 0.717) is 25.1 Å². The van der Waals surface area contributed by atoms with Crippen LogP contribution in [0, 0.1) is 11.8 Å². The maximum atomic E-state index is 14.2. The van der Waals surface area contributed by atoms with Gasteiger partial charge in [-0.3, -0.25) is 9.69 Å². The monoisotopic (exact) mass is 580 g/mol. The maximum absolute atomic E-state index is 14.2. The van der Waals surface area contributed by atoms with Gasteiger partial charge in [-0.05, 0) is 49.6 Å². The lowest BCUT2D eigenvalue weighted by Crippen LogP contribution is -2.69. The summed E-state index contributed by atoms with van der Waals surface area (Å²) in [4.78, 5) is 14.5. The molecule has 41 heavy (non-hydrogen) atoms. The van der Waals surface area contributed by atoms with E-state index in [2.05, 4.69) is 11.5 Å². The lowest BCUT2D eigenvalue weighted by atomic mass is 9.51. The number of aromatic hydroxyl groups is 1. The highest BCUT2D eigenvalue weighted by molar-refractivity contribution is 7.88. The van der Waals surface area contributed by atoms with Crippen molar-refractivity contribution in [2.75, 3.05) is 19.6 Å². The molecule has 0 unspecified atom stereocenters. The van der Waals surface area contributed by atoms with Crippen LogP contribution in [-0.4, -0.2) is 66.5 Å². The molecule has 2 aliphatic carbocycles. The molecule has 2 aliphatic heterocycles. The van der Waals surface area contributed by atoms with Crippen molar-refractivity contribution in [1.82, 2.24) is 9.21 Å². The highest BCUT2D eigenvalue weighted by Gasteiger charge is 2.67. The third-order valence-electron chi connectivity index (χ3n) is 9.57. The number of hydrogen-bond donors (Lipinski definition) is 1. The van der Waals surface area contributed by atoms with Gasteiger partial charge in [-0.15, -0.1) is 6.58 Å². The van der Waals surface area contributed by atoms with Crippen molar-refractivity contribution >= 4 is 16.0 Å². The van der Waals surface area contributed by atoms with Gasteiger partial charge in [0.1, 0.15) is 11.9 Å². The third kappa shape index (κ3) is 4.57. The lowest BCUT2D eigenvalue weighted by molar-refractivity contribution is -0.132. The number of likely N-dealkylation sites (tertiary alicyclic amines) is 1. The number of benzene rings is 2. The van der Waals surface area contributed by atoms with E-state index in [1.165, 1.54) is 13.0 Å². The number of nitrogens with zero attached hydrogens (tertiary/aromatic N) is 2. The summed E-state index contributed by atoms with van der Waals surface area (Å²) in [6, 6.07) is 10.6. The Hall–Kier alpha value is -2.88. The van der Waals surface area contributed by atoms with Gasteiger partial charge in [-0.25, -0.2) is 8.42 Å². The van der Waals surface area contributed by atoms with Gasteiger partial charge >= 0.3 is 5.97 Å². The number of hydrogen-bond acceptors (Lipinski definition) is 7. The van der Waals surface area contributed by atoms with Gasteiger partial charge in [0, 0.05) is 48.7 Å². The summed E-state index contributed by atoms with van der Waals surface area (Å²) in [5, 5.41) is 11.2. The van der Waals surface area contributed by atoms with Crippen LogP contribution >= 0.6 is 0 Å². The first-order chi connectivity index (χ1) is 19.6. The van der Waals surface area contributed by atoms with Crippen LogP contribution in [0.2, 0.25) is 0 Å². The molecule has 0 amide bonds. The molecule has 1 N–H and O–H groups in total. The van der Waals surface area contributed by atoms with E-state index < -0.39 is 27.5 Å². The number of rotatable bonds is 9. The average Bonchev–Trinajstić information content (AvgIpc) is 3.25. The molecule has 2 bridgehead atoms. The van der Waals surface area contributed by atoms with Gasteiger partial charge < -0.3 is 14.6 Å². The van der Waals surface area contributed by atoms with E-state index in [0.717, 1.165) is 42.6 Å². The van der Waals surface area contributed by atoms with E-state index in [1.54, 1.807) is 4.31 Å². The van der Waals surface area contributed by atoms with Crippen LogP contribution in [0.1, 0.15) is 56.7 Å². The predicted octanol–water partition coefficient (Wildman–Crippen LogP) is 4.40. The van der Waals surface area contributed by atoms with Crippen LogP contribution in [0.25, 0.3) is 0 Å². The summed E-state index contributed by atoms with van der Waals surface area (Å²) in [5.41, 5.74) is 2.02. The van der Waals surface area contributed by atoms with E-state index in [-0.39, 0.29) is 41.2 Å². The fourth-order valence-electron chi connectivity index (χ4n) is 8.25. The largest absolute Gasteiger partial charge is 0.508 e. The number of sulfonamides is 1. The zero-order valence-corrected chi connectivity index (χ0v) is 24.9. The second kappa shape index (κ2) is 10.4. The number of carbonyl (C=O) groups is 1. The Bertz CT molecular complexity index is 1460. The maximum Gasteiger partial charge on any atom is 0.308 e. The molecule has 6 rings (SSSR count). The average molecular weight is 581 g/mol. The highest BCUT2D eigenvalue weighted by atomic mass is 32.2. The van der Waals surface area contributed by atoms with Crippen LogP contribution in [0.3, 0.4) is 0 Å². The van der Waals surface area contributed by atoms with Gasteiger partial charge in [0.2, 0.25) is 10.0 Å². The van der Waals surface area contributed by atoms with Crippen LogP contribution in [0.5, 0.6) is 17.2 Å². The van der Waals surface area contributed by atoms with Gasteiger partial charge in [-0.2, -0.15) is 4.31 Å². The Kier molecular flexibility index (Phi) is 7.19. The minimum atomic E-state index is -3.70. The number of phenols is 1. The number of piperidine rings is 1. The van der Waals surface area contributed by atoms with Crippen molar-refractivity contribution in [3.05, 3.63) is 65.7 Å². The molecule has 2 fully saturated rings. The summed E-state index contributed by atoms with van der Waals surface area (Å²) in [7, 11) is -3.70. The Morgan fingerprint density at radius 1 is 1.29 bits per heavy atom. The molecule has 0 radical (unpaired) electrons. The smallest absolute Gasteiger partial charge is 0.308 e. The summed E-state index contributed by atoms with van der Waals surface area (Å²) in [5.74, 6) is 0.574. The second-order valence-corrected chi connectivity index (χ2v) is 14.4. The van der Waals surface area contributed by atoms with Gasteiger partial charge in [0.05, 0.1) is 11.8 Å². The van der Waals surface area contributed by atoms with Crippen molar-refractivity contribution < 1.29 is 27.8 Å². The minimum Gasteiger partial charge on any atom is -0.508 e. The first kappa shape index (κ1) is 28.2. The number of phenolic OH excluding ortho intramolecular Hbond substituents is 1. The molecule has 2 aromatic carbocycles. The van der Waals surface area contributed by atoms with Crippen LogP contribution in [-0.2, 0) is 32.4 Å². The van der Waals surface area contributed by atoms with E-state index in [9.17, 15) is 18.3 Å². The van der Waals surface area contributed by atoms with Crippen molar-refractivity contribution in [3.8, 4) is 17.2 Å². The van der Waals surface area contributed by atoms with Crippen molar-refractivity contribution in [1.29, 1.82) is 0 Å². The molecular formula is C32H40N2O6S. The number of ether oxygens (including phenoxy) is 2. The molecule has 1 spiro atoms. The molecule has 2 heterocycles. The number of carbonyl (C=O) groups excluding carboxylic acids is 1. The minimum absolute atomic E-state index is 0.0758. The van der Waals surface area contributed by atoms with E-state index >= 15 is 0 Å². The Labute approximate surface area is 243 Å². The van der Waals surface area contributed by atoms with E-state index in [4.69, 9.17) is 9.47 Å². The topological polar surface area (TPSA) is 96.4 Å².